The van der Waals surface area contributed by atoms with Gasteiger partial charge >= 0.3 is 0 Å². The van der Waals surface area contributed by atoms with Crippen LogP contribution >= 0.6 is 0 Å². The molecule has 0 saturated heterocycles. The Balaban J connectivity index is 1.99. The minimum atomic E-state index is 0.666. The second-order valence-electron chi connectivity index (χ2n) is 7.42. The Morgan fingerprint density at radius 2 is 1.21 bits per heavy atom. The highest BCUT2D eigenvalue weighted by Crippen LogP contribution is 2.40. The summed E-state index contributed by atoms with van der Waals surface area (Å²) in [5.41, 5.74) is 5.96. The number of nitrogens with zero attached hydrogens (tertiary/aromatic N) is 2. The Labute approximate surface area is 194 Å². The Morgan fingerprint density at radius 3 is 1.76 bits per heavy atom. The highest BCUT2D eigenvalue weighted by atomic mass is 16.5. The molecule has 0 aliphatic carbocycles. The van der Waals surface area contributed by atoms with Crippen LogP contribution in [-0.4, -0.2) is 38.2 Å². The van der Waals surface area contributed by atoms with E-state index in [-0.39, 0.29) is 0 Å². The van der Waals surface area contributed by atoms with Crippen LogP contribution in [0.4, 0.5) is 0 Å². The first-order chi connectivity index (χ1) is 16.1. The Kier molecular flexibility index (Phi) is 6.54. The molecule has 0 N–H and O–H groups in total. The maximum absolute atomic E-state index is 5.58. The van der Waals surface area contributed by atoms with Crippen LogP contribution in [0.5, 0.6) is 23.0 Å². The quantitative estimate of drug-likeness (QED) is 0.344. The molecule has 6 heteroatoms. The lowest BCUT2D eigenvalue weighted by Gasteiger charge is -2.13. The number of hydrogen-bond donors (Lipinski definition) is 0. The standard InChI is InChI=1S/C27H28N2O4/c1-6-21-26(18-12-14-22(30-2)24(16-18)32-4)28-29(20-10-8-7-9-11-20)27(21)19-13-15-23(31-3)25(17-19)33-5/h7-17H,6H2,1-5H3. The molecule has 0 atom stereocenters. The van der Waals surface area contributed by atoms with Gasteiger partial charge in [0, 0.05) is 16.7 Å². The van der Waals surface area contributed by atoms with Gasteiger partial charge in [-0.3, -0.25) is 0 Å². The highest BCUT2D eigenvalue weighted by Gasteiger charge is 2.22. The van der Waals surface area contributed by atoms with E-state index in [2.05, 4.69) is 19.1 Å². The van der Waals surface area contributed by atoms with Gasteiger partial charge in [-0.1, -0.05) is 25.1 Å². The van der Waals surface area contributed by atoms with Crippen LogP contribution in [0.15, 0.2) is 66.7 Å². The Bertz CT molecular complexity index is 1250. The first-order valence-corrected chi connectivity index (χ1v) is 10.8. The lowest BCUT2D eigenvalue weighted by molar-refractivity contribution is 0.355. The van der Waals surface area contributed by atoms with Crippen molar-refractivity contribution in [3.8, 4) is 51.2 Å². The van der Waals surface area contributed by atoms with E-state index in [9.17, 15) is 0 Å². The topological polar surface area (TPSA) is 54.7 Å². The molecule has 0 unspecified atom stereocenters. The van der Waals surface area contributed by atoms with Gasteiger partial charge in [-0.15, -0.1) is 0 Å². The molecule has 1 heterocycles. The molecule has 3 aromatic carbocycles. The SMILES string of the molecule is CCc1c(-c2ccc(OC)c(OC)c2)nn(-c2ccccc2)c1-c1ccc(OC)c(OC)c1. The summed E-state index contributed by atoms with van der Waals surface area (Å²) < 4.78 is 24.0. The van der Waals surface area contributed by atoms with Gasteiger partial charge in [0.2, 0.25) is 0 Å². The molecular weight excluding hydrogens is 416 g/mol. The zero-order chi connectivity index (χ0) is 23.4. The zero-order valence-corrected chi connectivity index (χ0v) is 19.6. The number of methoxy groups -OCH3 is 4. The number of aromatic nitrogens is 2. The second-order valence-corrected chi connectivity index (χ2v) is 7.42. The summed E-state index contributed by atoms with van der Waals surface area (Å²) >= 11 is 0. The third-order valence-electron chi connectivity index (χ3n) is 5.65. The van der Waals surface area contributed by atoms with Gasteiger partial charge < -0.3 is 18.9 Å². The molecule has 0 aliphatic heterocycles. The molecule has 4 aromatic rings. The summed E-state index contributed by atoms with van der Waals surface area (Å²) in [5, 5.41) is 5.08. The van der Waals surface area contributed by atoms with E-state index in [4.69, 9.17) is 24.0 Å². The number of para-hydroxylation sites is 1. The zero-order valence-electron chi connectivity index (χ0n) is 19.6. The average Bonchev–Trinajstić information content (AvgIpc) is 3.28. The largest absolute Gasteiger partial charge is 0.493 e. The number of benzene rings is 3. The third kappa shape index (κ3) is 4.12. The van der Waals surface area contributed by atoms with Crippen LogP contribution in [-0.2, 0) is 6.42 Å². The molecule has 0 aliphatic rings. The Morgan fingerprint density at radius 1 is 0.667 bits per heavy atom. The van der Waals surface area contributed by atoms with Crippen LogP contribution in [0.1, 0.15) is 12.5 Å². The van der Waals surface area contributed by atoms with E-state index >= 15 is 0 Å². The number of ether oxygens (including phenoxy) is 4. The summed E-state index contributed by atoms with van der Waals surface area (Å²) in [6.45, 7) is 2.14. The van der Waals surface area contributed by atoms with E-state index in [1.54, 1.807) is 28.4 Å². The van der Waals surface area contributed by atoms with Crippen LogP contribution < -0.4 is 18.9 Å². The van der Waals surface area contributed by atoms with E-state index in [1.807, 2.05) is 59.3 Å². The van der Waals surface area contributed by atoms with Gasteiger partial charge in [-0.25, -0.2) is 4.68 Å². The molecule has 0 radical (unpaired) electrons. The van der Waals surface area contributed by atoms with Crippen molar-refractivity contribution >= 4 is 0 Å². The summed E-state index contributed by atoms with van der Waals surface area (Å²) in [7, 11) is 6.55. The maximum atomic E-state index is 5.58. The van der Waals surface area contributed by atoms with Crippen LogP contribution in [0.25, 0.3) is 28.2 Å². The van der Waals surface area contributed by atoms with E-state index in [0.717, 1.165) is 40.2 Å². The van der Waals surface area contributed by atoms with Gasteiger partial charge in [0.15, 0.2) is 23.0 Å². The molecule has 0 saturated carbocycles. The van der Waals surface area contributed by atoms with Gasteiger partial charge in [0.1, 0.15) is 0 Å². The smallest absolute Gasteiger partial charge is 0.161 e. The van der Waals surface area contributed by atoms with Crippen LogP contribution in [0, 0.1) is 0 Å². The van der Waals surface area contributed by atoms with Crippen molar-refractivity contribution in [2.45, 2.75) is 13.3 Å². The molecule has 170 valence electrons. The lowest BCUT2D eigenvalue weighted by atomic mass is 9.99. The fraction of sp³-hybridized carbons (Fsp3) is 0.222. The van der Waals surface area contributed by atoms with E-state index in [1.165, 1.54) is 0 Å². The average molecular weight is 445 g/mol. The van der Waals surface area contributed by atoms with Gasteiger partial charge in [-0.2, -0.15) is 5.10 Å². The molecule has 33 heavy (non-hydrogen) atoms. The van der Waals surface area contributed by atoms with Gasteiger partial charge in [0.25, 0.3) is 0 Å². The minimum Gasteiger partial charge on any atom is -0.493 e. The third-order valence-corrected chi connectivity index (χ3v) is 5.65. The predicted molar refractivity (Wildman–Crippen MR) is 130 cm³/mol. The molecule has 6 nitrogen and oxygen atoms in total. The molecule has 0 spiro atoms. The molecule has 1 aromatic heterocycles. The van der Waals surface area contributed by atoms with Crippen LogP contribution in [0.3, 0.4) is 0 Å². The maximum Gasteiger partial charge on any atom is 0.161 e. The molecular formula is C27H28N2O4. The first-order valence-electron chi connectivity index (χ1n) is 10.8. The summed E-state index contributed by atoms with van der Waals surface area (Å²) in [6, 6.07) is 22.0. The molecule has 0 amide bonds. The monoisotopic (exact) mass is 444 g/mol. The van der Waals surface area contributed by atoms with E-state index in [0.29, 0.717) is 23.0 Å². The Hall–Kier alpha value is -3.93. The summed E-state index contributed by atoms with van der Waals surface area (Å²) in [4.78, 5) is 0. The number of rotatable bonds is 8. The van der Waals surface area contributed by atoms with Crippen molar-refractivity contribution in [3.05, 3.63) is 72.3 Å². The number of hydrogen-bond acceptors (Lipinski definition) is 5. The van der Waals surface area contributed by atoms with Crippen molar-refractivity contribution in [3.63, 3.8) is 0 Å². The van der Waals surface area contributed by atoms with Crippen molar-refractivity contribution in [1.82, 2.24) is 9.78 Å². The fourth-order valence-electron chi connectivity index (χ4n) is 4.04. The lowest BCUT2D eigenvalue weighted by Crippen LogP contribution is -2.00. The minimum absolute atomic E-state index is 0.666. The highest BCUT2D eigenvalue weighted by molar-refractivity contribution is 5.78. The van der Waals surface area contributed by atoms with E-state index < -0.39 is 0 Å². The van der Waals surface area contributed by atoms with Gasteiger partial charge in [0.05, 0.1) is 45.5 Å². The molecule has 4 rings (SSSR count). The summed E-state index contributed by atoms with van der Waals surface area (Å²) in [6.07, 6.45) is 0.792. The van der Waals surface area contributed by atoms with Gasteiger partial charge in [-0.05, 0) is 55.0 Å². The molecule has 0 bridgehead atoms. The van der Waals surface area contributed by atoms with Crippen molar-refractivity contribution in [2.24, 2.45) is 0 Å². The van der Waals surface area contributed by atoms with Crippen molar-refractivity contribution in [2.75, 3.05) is 28.4 Å². The van der Waals surface area contributed by atoms with Crippen molar-refractivity contribution < 1.29 is 18.9 Å². The summed E-state index contributed by atoms with van der Waals surface area (Å²) in [5.74, 6) is 2.71. The normalized spacial score (nSPS) is 10.7. The van der Waals surface area contributed by atoms with Crippen LogP contribution in [0.2, 0.25) is 0 Å². The molecule has 0 fully saturated rings. The predicted octanol–water partition coefficient (Wildman–Crippen LogP) is 5.80. The fourth-order valence-corrected chi connectivity index (χ4v) is 4.04. The second kappa shape index (κ2) is 9.69. The first kappa shape index (κ1) is 22.3. The van der Waals surface area contributed by atoms with Crippen molar-refractivity contribution in [1.29, 1.82) is 0 Å².